The summed E-state index contributed by atoms with van der Waals surface area (Å²) < 4.78 is 11.1. The summed E-state index contributed by atoms with van der Waals surface area (Å²) in [5.41, 5.74) is 1.31. The highest BCUT2D eigenvalue weighted by Crippen LogP contribution is 2.40. The van der Waals surface area contributed by atoms with Crippen LogP contribution in [0.4, 0.5) is 0 Å². The number of ketones is 1. The third-order valence-electron chi connectivity index (χ3n) is 6.11. The molecular formula is C27H30N2O5. The minimum Gasteiger partial charge on any atom is -0.507 e. The van der Waals surface area contributed by atoms with Crippen molar-refractivity contribution in [1.29, 1.82) is 0 Å². The van der Waals surface area contributed by atoms with Gasteiger partial charge >= 0.3 is 0 Å². The Hall–Kier alpha value is -3.42. The monoisotopic (exact) mass is 462 g/mol. The summed E-state index contributed by atoms with van der Waals surface area (Å²) in [5, 5.41) is 11.1. The third kappa shape index (κ3) is 5.21. The average molecular weight is 463 g/mol. The van der Waals surface area contributed by atoms with Gasteiger partial charge in [0.05, 0.1) is 24.8 Å². The number of Topliss-reactive ketones (excluding diaryl/α,β-unsaturated/α-hetero) is 1. The second-order valence-electron chi connectivity index (χ2n) is 8.34. The molecule has 0 aromatic heterocycles. The highest BCUT2D eigenvalue weighted by atomic mass is 16.5. The Morgan fingerprint density at radius 1 is 1.09 bits per heavy atom. The number of nitrogens with zero attached hydrogens (tertiary/aromatic N) is 2. The zero-order valence-electron chi connectivity index (χ0n) is 19.2. The van der Waals surface area contributed by atoms with Gasteiger partial charge in [0.15, 0.2) is 0 Å². The third-order valence-corrected chi connectivity index (χ3v) is 6.11. The van der Waals surface area contributed by atoms with Crippen molar-refractivity contribution in [2.24, 2.45) is 0 Å². The molecular weight excluding hydrogens is 432 g/mol. The Morgan fingerprint density at radius 3 is 2.59 bits per heavy atom. The lowest BCUT2D eigenvalue weighted by atomic mass is 9.95. The highest BCUT2D eigenvalue weighted by Gasteiger charge is 2.45. The van der Waals surface area contributed by atoms with E-state index in [0.717, 1.165) is 19.6 Å². The van der Waals surface area contributed by atoms with E-state index in [9.17, 15) is 14.7 Å². The highest BCUT2D eigenvalue weighted by molar-refractivity contribution is 6.46. The number of rotatable bonds is 9. The number of morpholine rings is 1. The van der Waals surface area contributed by atoms with Crippen LogP contribution in [0, 0.1) is 0 Å². The van der Waals surface area contributed by atoms with Gasteiger partial charge in [-0.3, -0.25) is 14.5 Å². The normalized spacial score (nSPS) is 20.5. The molecule has 1 N–H and O–H groups in total. The SMILES string of the molecule is C=CCOc1cccc([C@H]2C(=C(O)c3ccccc3)C(=O)C(=O)N2CCCN2CCOCC2)c1. The number of aliphatic hydroxyl groups is 1. The molecule has 2 aliphatic heterocycles. The molecule has 0 radical (unpaired) electrons. The second kappa shape index (κ2) is 11.1. The van der Waals surface area contributed by atoms with Gasteiger partial charge in [-0.05, 0) is 24.1 Å². The topological polar surface area (TPSA) is 79.3 Å². The summed E-state index contributed by atoms with van der Waals surface area (Å²) >= 11 is 0. The largest absolute Gasteiger partial charge is 0.507 e. The number of amides is 1. The van der Waals surface area contributed by atoms with Crippen molar-refractivity contribution in [2.75, 3.05) is 46.0 Å². The van der Waals surface area contributed by atoms with Gasteiger partial charge in [0.1, 0.15) is 18.1 Å². The minimum atomic E-state index is -0.697. The lowest BCUT2D eigenvalue weighted by Crippen LogP contribution is -2.38. The van der Waals surface area contributed by atoms with Crippen molar-refractivity contribution in [3.8, 4) is 5.75 Å². The molecule has 1 amide bonds. The molecule has 34 heavy (non-hydrogen) atoms. The van der Waals surface area contributed by atoms with E-state index in [4.69, 9.17) is 9.47 Å². The predicted octanol–water partition coefficient (Wildman–Crippen LogP) is 3.40. The maximum atomic E-state index is 13.2. The summed E-state index contributed by atoms with van der Waals surface area (Å²) in [7, 11) is 0. The number of ether oxygens (including phenoxy) is 2. The van der Waals surface area contributed by atoms with Gasteiger partial charge in [-0.1, -0.05) is 55.1 Å². The van der Waals surface area contributed by atoms with Crippen LogP contribution in [0.3, 0.4) is 0 Å². The fourth-order valence-corrected chi connectivity index (χ4v) is 4.43. The minimum absolute atomic E-state index is 0.100. The van der Waals surface area contributed by atoms with E-state index in [2.05, 4.69) is 11.5 Å². The summed E-state index contributed by atoms with van der Waals surface area (Å²) in [4.78, 5) is 30.2. The molecule has 0 aliphatic carbocycles. The van der Waals surface area contributed by atoms with Crippen molar-refractivity contribution in [2.45, 2.75) is 12.5 Å². The number of likely N-dealkylation sites (tertiary alicyclic amines) is 1. The summed E-state index contributed by atoms with van der Waals surface area (Å²) in [6.07, 6.45) is 2.36. The van der Waals surface area contributed by atoms with Gasteiger partial charge in [0.25, 0.3) is 11.7 Å². The predicted molar refractivity (Wildman–Crippen MR) is 129 cm³/mol. The van der Waals surface area contributed by atoms with Gasteiger partial charge < -0.3 is 19.5 Å². The Kier molecular flexibility index (Phi) is 7.77. The van der Waals surface area contributed by atoms with Crippen molar-refractivity contribution in [3.05, 3.63) is 84.0 Å². The van der Waals surface area contributed by atoms with Crippen molar-refractivity contribution >= 4 is 17.4 Å². The molecule has 2 saturated heterocycles. The molecule has 2 aliphatic rings. The Bertz CT molecular complexity index is 1060. The van der Waals surface area contributed by atoms with E-state index in [0.29, 0.717) is 49.7 Å². The van der Waals surface area contributed by atoms with Crippen LogP contribution in [0.25, 0.3) is 5.76 Å². The van der Waals surface area contributed by atoms with Crippen LogP contribution in [0.2, 0.25) is 0 Å². The molecule has 2 heterocycles. The zero-order valence-corrected chi connectivity index (χ0v) is 19.2. The molecule has 2 aromatic carbocycles. The van der Waals surface area contributed by atoms with Gasteiger partial charge in [-0.25, -0.2) is 0 Å². The quantitative estimate of drug-likeness (QED) is 0.266. The maximum Gasteiger partial charge on any atom is 0.295 e. The number of carbonyl (C=O) groups is 2. The standard InChI is InChI=1S/C27H30N2O5/c1-2-16-34-22-11-6-10-21(19-22)24-23(25(30)20-8-4-3-5-9-20)26(31)27(32)29(24)13-7-12-28-14-17-33-18-15-28/h2-6,8-11,19,24,30H,1,7,12-18H2/t24-/m0/s1. The van der Waals surface area contributed by atoms with Crippen LogP contribution in [-0.2, 0) is 14.3 Å². The lowest BCUT2D eigenvalue weighted by Gasteiger charge is -2.29. The first-order valence-electron chi connectivity index (χ1n) is 11.6. The van der Waals surface area contributed by atoms with Crippen molar-refractivity contribution in [3.63, 3.8) is 0 Å². The van der Waals surface area contributed by atoms with Gasteiger partial charge in [0.2, 0.25) is 0 Å². The van der Waals surface area contributed by atoms with Crippen LogP contribution < -0.4 is 4.74 Å². The number of aliphatic hydroxyl groups excluding tert-OH is 1. The molecule has 1 atom stereocenters. The van der Waals surface area contributed by atoms with Gasteiger partial charge in [0, 0.05) is 31.7 Å². The molecule has 7 heteroatoms. The van der Waals surface area contributed by atoms with Crippen LogP contribution >= 0.6 is 0 Å². The van der Waals surface area contributed by atoms with E-state index in [-0.39, 0.29) is 11.3 Å². The Morgan fingerprint density at radius 2 is 1.85 bits per heavy atom. The van der Waals surface area contributed by atoms with Crippen LogP contribution in [-0.4, -0.2) is 72.6 Å². The first-order valence-corrected chi connectivity index (χ1v) is 11.6. The zero-order chi connectivity index (χ0) is 23.9. The van der Waals surface area contributed by atoms with Crippen molar-refractivity contribution in [1.82, 2.24) is 9.80 Å². The summed E-state index contributed by atoms with van der Waals surface area (Å²) in [6.45, 7) is 8.35. The Balaban J connectivity index is 1.67. The smallest absolute Gasteiger partial charge is 0.295 e. The number of carbonyl (C=O) groups excluding carboxylic acids is 2. The summed E-state index contributed by atoms with van der Waals surface area (Å²) in [6, 6.07) is 15.5. The van der Waals surface area contributed by atoms with E-state index in [1.54, 1.807) is 35.2 Å². The van der Waals surface area contributed by atoms with Crippen LogP contribution in [0.15, 0.2) is 72.8 Å². The van der Waals surface area contributed by atoms with E-state index in [1.165, 1.54) is 0 Å². The lowest BCUT2D eigenvalue weighted by molar-refractivity contribution is -0.140. The molecule has 0 bridgehead atoms. The maximum absolute atomic E-state index is 13.2. The van der Waals surface area contributed by atoms with Gasteiger partial charge in [-0.15, -0.1) is 0 Å². The first kappa shape index (κ1) is 23.7. The fourth-order valence-electron chi connectivity index (χ4n) is 4.43. The van der Waals surface area contributed by atoms with Crippen LogP contribution in [0.1, 0.15) is 23.6 Å². The molecule has 7 nitrogen and oxygen atoms in total. The number of hydrogen-bond acceptors (Lipinski definition) is 6. The fraction of sp³-hybridized carbons (Fsp3) is 0.333. The van der Waals surface area contributed by atoms with E-state index >= 15 is 0 Å². The molecule has 2 aromatic rings. The molecule has 0 unspecified atom stereocenters. The van der Waals surface area contributed by atoms with Gasteiger partial charge in [-0.2, -0.15) is 0 Å². The molecule has 4 rings (SSSR count). The molecule has 0 saturated carbocycles. The average Bonchev–Trinajstić information content (AvgIpc) is 3.13. The van der Waals surface area contributed by atoms with E-state index < -0.39 is 17.7 Å². The number of hydrogen-bond donors (Lipinski definition) is 1. The van der Waals surface area contributed by atoms with Crippen LogP contribution in [0.5, 0.6) is 5.75 Å². The Labute approximate surface area is 199 Å². The number of benzene rings is 2. The molecule has 0 spiro atoms. The van der Waals surface area contributed by atoms with Crippen molar-refractivity contribution < 1.29 is 24.2 Å². The summed E-state index contributed by atoms with van der Waals surface area (Å²) in [5.74, 6) is -0.829. The second-order valence-corrected chi connectivity index (χ2v) is 8.34. The molecule has 178 valence electrons. The van der Waals surface area contributed by atoms with E-state index in [1.807, 2.05) is 30.3 Å². The first-order chi connectivity index (χ1) is 16.6. The molecule has 2 fully saturated rings.